The van der Waals surface area contributed by atoms with Crippen molar-refractivity contribution >= 4 is 23.5 Å². The average molecular weight is 300 g/mol. The van der Waals surface area contributed by atoms with E-state index in [2.05, 4.69) is 0 Å². The number of rotatable bonds is 7. The van der Waals surface area contributed by atoms with Gasteiger partial charge in [0.25, 0.3) is 5.91 Å². The van der Waals surface area contributed by atoms with Gasteiger partial charge in [-0.3, -0.25) is 9.59 Å². The highest BCUT2D eigenvalue weighted by molar-refractivity contribution is 6.32. The Balaban J connectivity index is 2.50. The van der Waals surface area contributed by atoms with Crippen LogP contribution < -0.4 is 4.74 Å². The number of hydrogen-bond acceptors (Lipinski definition) is 3. The van der Waals surface area contributed by atoms with Crippen molar-refractivity contribution in [2.75, 3.05) is 13.6 Å². The normalized spacial score (nSPS) is 11.8. The number of carbonyl (C=O) groups excluding carboxylic acids is 1. The number of carboxylic acids is 1. The molecule has 0 aromatic heterocycles. The fraction of sp³-hybridized carbons (Fsp3) is 0.429. The van der Waals surface area contributed by atoms with E-state index in [0.29, 0.717) is 23.7 Å². The minimum absolute atomic E-state index is 0.0391. The van der Waals surface area contributed by atoms with Crippen molar-refractivity contribution in [1.29, 1.82) is 0 Å². The maximum Gasteiger partial charge on any atom is 0.303 e. The van der Waals surface area contributed by atoms with Crippen LogP contribution >= 0.6 is 11.6 Å². The van der Waals surface area contributed by atoms with Gasteiger partial charge in [-0.15, -0.1) is 0 Å². The van der Waals surface area contributed by atoms with Crippen LogP contribution in [0.5, 0.6) is 5.75 Å². The van der Waals surface area contributed by atoms with E-state index < -0.39 is 12.1 Å². The Morgan fingerprint density at radius 1 is 1.40 bits per heavy atom. The highest BCUT2D eigenvalue weighted by Crippen LogP contribution is 2.24. The summed E-state index contributed by atoms with van der Waals surface area (Å²) >= 11 is 5.96. The third-order valence-electron chi connectivity index (χ3n) is 2.75. The molecule has 110 valence electrons. The summed E-state index contributed by atoms with van der Waals surface area (Å²) in [7, 11) is 1.62. The van der Waals surface area contributed by atoms with Crippen molar-refractivity contribution in [1.82, 2.24) is 4.90 Å². The van der Waals surface area contributed by atoms with Crippen molar-refractivity contribution in [3.05, 3.63) is 29.3 Å². The minimum Gasteiger partial charge on any atom is -0.481 e. The molecule has 1 rings (SSSR count). The summed E-state index contributed by atoms with van der Waals surface area (Å²) in [4.78, 5) is 23.9. The van der Waals surface area contributed by atoms with Crippen molar-refractivity contribution in [3.63, 3.8) is 0 Å². The van der Waals surface area contributed by atoms with Gasteiger partial charge in [0.05, 0.1) is 5.02 Å². The van der Waals surface area contributed by atoms with E-state index in [-0.39, 0.29) is 12.3 Å². The lowest BCUT2D eigenvalue weighted by Gasteiger charge is -2.22. The van der Waals surface area contributed by atoms with Crippen molar-refractivity contribution in [2.45, 2.75) is 25.9 Å². The standard InChI is InChI=1S/C14H18ClNO4/c1-10(20-12-7-4-3-6-11(12)15)14(19)16(2)9-5-8-13(17)18/h3-4,6-7,10H,5,8-9H2,1-2H3,(H,17,18). The fourth-order valence-corrected chi connectivity index (χ4v) is 1.85. The van der Waals surface area contributed by atoms with Crippen LogP contribution in [0.1, 0.15) is 19.8 Å². The Bertz CT molecular complexity index is 478. The molecule has 1 atom stereocenters. The Hall–Kier alpha value is -1.75. The van der Waals surface area contributed by atoms with E-state index in [9.17, 15) is 9.59 Å². The lowest BCUT2D eigenvalue weighted by Crippen LogP contribution is -2.38. The first-order valence-electron chi connectivity index (χ1n) is 6.29. The number of halogens is 1. The zero-order valence-electron chi connectivity index (χ0n) is 11.5. The number of ether oxygens (including phenoxy) is 1. The number of hydrogen-bond donors (Lipinski definition) is 1. The molecule has 0 saturated heterocycles. The highest BCUT2D eigenvalue weighted by atomic mass is 35.5. The molecule has 0 spiro atoms. The van der Waals surface area contributed by atoms with E-state index in [0.717, 1.165) is 0 Å². The van der Waals surface area contributed by atoms with Crippen LogP contribution in [0.15, 0.2) is 24.3 Å². The molecule has 1 aromatic carbocycles. The maximum atomic E-state index is 12.0. The van der Waals surface area contributed by atoms with Crippen LogP contribution in [0, 0.1) is 0 Å². The molecule has 1 unspecified atom stereocenters. The summed E-state index contributed by atoms with van der Waals surface area (Å²) in [6.07, 6.45) is -0.224. The summed E-state index contributed by atoms with van der Waals surface area (Å²) in [5.74, 6) is -0.629. The van der Waals surface area contributed by atoms with Gasteiger partial charge < -0.3 is 14.7 Å². The third kappa shape index (κ3) is 5.09. The van der Waals surface area contributed by atoms with Crippen LogP contribution in [-0.4, -0.2) is 41.6 Å². The molecular formula is C14H18ClNO4. The molecule has 0 heterocycles. The van der Waals surface area contributed by atoms with Crippen LogP contribution in [-0.2, 0) is 9.59 Å². The van der Waals surface area contributed by atoms with E-state index >= 15 is 0 Å². The number of amides is 1. The van der Waals surface area contributed by atoms with E-state index in [4.69, 9.17) is 21.4 Å². The summed E-state index contributed by atoms with van der Waals surface area (Å²) in [6.45, 7) is 2.01. The molecule has 20 heavy (non-hydrogen) atoms. The van der Waals surface area contributed by atoms with E-state index in [1.165, 1.54) is 4.90 Å². The smallest absolute Gasteiger partial charge is 0.303 e. The molecule has 0 fully saturated rings. The molecule has 0 aliphatic carbocycles. The van der Waals surface area contributed by atoms with E-state index in [1.54, 1.807) is 38.2 Å². The van der Waals surface area contributed by atoms with Crippen molar-refractivity contribution in [2.24, 2.45) is 0 Å². The Kier molecular flexibility index (Phi) is 6.31. The fourth-order valence-electron chi connectivity index (χ4n) is 1.67. The first kappa shape index (κ1) is 16.3. The second-order valence-electron chi connectivity index (χ2n) is 4.45. The first-order chi connectivity index (χ1) is 9.41. The molecule has 0 aliphatic rings. The molecule has 0 bridgehead atoms. The minimum atomic E-state index is -0.869. The number of carboxylic acid groups (broad SMARTS) is 1. The highest BCUT2D eigenvalue weighted by Gasteiger charge is 2.19. The Labute approximate surface area is 123 Å². The first-order valence-corrected chi connectivity index (χ1v) is 6.67. The summed E-state index contributed by atoms with van der Waals surface area (Å²) in [5, 5.41) is 9.00. The van der Waals surface area contributed by atoms with Gasteiger partial charge in [-0.05, 0) is 25.5 Å². The second-order valence-corrected chi connectivity index (χ2v) is 4.85. The molecule has 1 aromatic rings. The van der Waals surface area contributed by atoms with Gasteiger partial charge in [0.1, 0.15) is 5.75 Å². The zero-order valence-corrected chi connectivity index (χ0v) is 12.3. The predicted molar refractivity (Wildman–Crippen MR) is 76.0 cm³/mol. The van der Waals surface area contributed by atoms with Gasteiger partial charge in [0.15, 0.2) is 6.10 Å². The van der Waals surface area contributed by atoms with Gasteiger partial charge in [-0.2, -0.15) is 0 Å². The molecule has 1 amide bonds. The van der Waals surface area contributed by atoms with Crippen LogP contribution in [0.3, 0.4) is 0 Å². The quantitative estimate of drug-likeness (QED) is 0.839. The van der Waals surface area contributed by atoms with Gasteiger partial charge in [0.2, 0.25) is 0 Å². The number of likely N-dealkylation sites (N-methyl/N-ethyl adjacent to an activating group) is 1. The molecule has 0 aliphatic heterocycles. The molecular weight excluding hydrogens is 282 g/mol. The molecule has 5 nitrogen and oxygen atoms in total. The number of nitrogens with zero attached hydrogens (tertiary/aromatic N) is 1. The van der Waals surface area contributed by atoms with Gasteiger partial charge >= 0.3 is 5.97 Å². The monoisotopic (exact) mass is 299 g/mol. The number of para-hydroxylation sites is 1. The van der Waals surface area contributed by atoms with Crippen molar-refractivity contribution < 1.29 is 19.4 Å². The predicted octanol–water partition coefficient (Wildman–Crippen LogP) is 2.43. The zero-order chi connectivity index (χ0) is 15.1. The second kappa shape index (κ2) is 7.75. The molecule has 0 saturated carbocycles. The van der Waals surface area contributed by atoms with Crippen LogP contribution in [0.25, 0.3) is 0 Å². The number of benzene rings is 1. The van der Waals surface area contributed by atoms with Gasteiger partial charge in [-0.25, -0.2) is 0 Å². The lowest BCUT2D eigenvalue weighted by atomic mass is 10.2. The Morgan fingerprint density at radius 3 is 2.65 bits per heavy atom. The lowest BCUT2D eigenvalue weighted by molar-refractivity contribution is -0.139. The summed E-state index contributed by atoms with van der Waals surface area (Å²) < 4.78 is 5.52. The summed E-state index contributed by atoms with van der Waals surface area (Å²) in [6, 6.07) is 6.93. The molecule has 6 heteroatoms. The average Bonchev–Trinajstić information content (AvgIpc) is 2.39. The largest absolute Gasteiger partial charge is 0.481 e. The van der Waals surface area contributed by atoms with Crippen LogP contribution in [0.2, 0.25) is 5.02 Å². The number of aliphatic carboxylic acids is 1. The molecule has 1 N–H and O–H groups in total. The third-order valence-corrected chi connectivity index (χ3v) is 3.06. The van der Waals surface area contributed by atoms with E-state index in [1.807, 2.05) is 0 Å². The number of carbonyl (C=O) groups is 2. The van der Waals surface area contributed by atoms with Gasteiger partial charge in [-0.1, -0.05) is 23.7 Å². The topological polar surface area (TPSA) is 66.8 Å². The van der Waals surface area contributed by atoms with Crippen LogP contribution in [0.4, 0.5) is 0 Å². The maximum absolute atomic E-state index is 12.0. The Morgan fingerprint density at radius 2 is 2.05 bits per heavy atom. The molecule has 0 radical (unpaired) electrons. The summed E-state index contributed by atoms with van der Waals surface area (Å²) in [5.41, 5.74) is 0. The SMILES string of the molecule is CC(Oc1ccccc1Cl)C(=O)N(C)CCCC(=O)O. The van der Waals surface area contributed by atoms with Crippen molar-refractivity contribution in [3.8, 4) is 5.75 Å². The van der Waals surface area contributed by atoms with Gasteiger partial charge in [0, 0.05) is 20.0 Å².